The van der Waals surface area contributed by atoms with E-state index in [-0.39, 0.29) is 5.41 Å². The van der Waals surface area contributed by atoms with Crippen molar-refractivity contribution in [3.8, 4) is 0 Å². The number of hydrogen-bond acceptors (Lipinski definition) is 3. The number of aryl methyl sites for hydroxylation is 1. The van der Waals surface area contributed by atoms with Crippen molar-refractivity contribution in [2.24, 2.45) is 23.0 Å². The fourth-order valence-corrected chi connectivity index (χ4v) is 3.43. The van der Waals surface area contributed by atoms with E-state index < -0.39 is 6.10 Å². The lowest BCUT2D eigenvalue weighted by Gasteiger charge is -2.43. The number of nitrogens with zero attached hydrogens (tertiary/aromatic N) is 1. The van der Waals surface area contributed by atoms with Crippen LogP contribution < -0.4 is 5.73 Å². The Kier molecular flexibility index (Phi) is 4.82. The first-order chi connectivity index (χ1) is 9.48. The molecule has 20 heavy (non-hydrogen) atoms. The molecule has 1 unspecified atom stereocenters. The van der Waals surface area contributed by atoms with Crippen molar-refractivity contribution >= 4 is 0 Å². The number of pyridine rings is 1. The van der Waals surface area contributed by atoms with Gasteiger partial charge in [-0.25, -0.2) is 0 Å². The Morgan fingerprint density at radius 2 is 2.00 bits per heavy atom. The SMILES string of the molecule is Cc1ccc(C(O)C2(CN)CCC(C(C)C)CC2)nc1. The highest BCUT2D eigenvalue weighted by Gasteiger charge is 2.41. The minimum Gasteiger partial charge on any atom is -0.386 e. The second kappa shape index (κ2) is 6.23. The molecule has 1 aromatic heterocycles. The van der Waals surface area contributed by atoms with Gasteiger partial charge in [0.2, 0.25) is 0 Å². The van der Waals surface area contributed by atoms with Crippen LogP contribution >= 0.6 is 0 Å². The maximum atomic E-state index is 10.8. The first-order valence-electron chi connectivity index (χ1n) is 7.79. The summed E-state index contributed by atoms with van der Waals surface area (Å²) in [6, 6.07) is 3.95. The largest absolute Gasteiger partial charge is 0.386 e. The highest BCUT2D eigenvalue weighted by Crippen LogP contribution is 2.47. The Hall–Kier alpha value is -0.930. The molecule has 0 radical (unpaired) electrons. The van der Waals surface area contributed by atoms with Gasteiger partial charge in [0.15, 0.2) is 0 Å². The average Bonchev–Trinajstić information content (AvgIpc) is 2.47. The van der Waals surface area contributed by atoms with Gasteiger partial charge in [-0.2, -0.15) is 0 Å². The van der Waals surface area contributed by atoms with Crippen molar-refractivity contribution in [2.45, 2.75) is 52.6 Å². The normalized spacial score (nSPS) is 28.6. The van der Waals surface area contributed by atoms with Gasteiger partial charge in [0.25, 0.3) is 0 Å². The quantitative estimate of drug-likeness (QED) is 0.887. The Bertz CT molecular complexity index is 419. The van der Waals surface area contributed by atoms with Crippen LogP contribution in [0.2, 0.25) is 0 Å². The number of aliphatic hydroxyl groups is 1. The summed E-state index contributed by atoms with van der Waals surface area (Å²) in [5, 5.41) is 10.8. The standard InChI is InChI=1S/C17H28N2O/c1-12(2)14-6-8-17(11-18,9-7-14)16(20)15-5-4-13(3)10-19-15/h4-5,10,12,14,16,20H,6-9,11,18H2,1-3H3. The van der Waals surface area contributed by atoms with E-state index in [2.05, 4.69) is 18.8 Å². The average molecular weight is 276 g/mol. The van der Waals surface area contributed by atoms with Crippen LogP contribution in [0.15, 0.2) is 18.3 Å². The summed E-state index contributed by atoms with van der Waals surface area (Å²) >= 11 is 0. The van der Waals surface area contributed by atoms with E-state index in [0.29, 0.717) is 6.54 Å². The van der Waals surface area contributed by atoms with E-state index >= 15 is 0 Å². The van der Waals surface area contributed by atoms with Crippen molar-refractivity contribution in [2.75, 3.05) is 6.54 Å². The van der Waals surface area contributed by atoms with E-state index in [1.54, 1.807) is 0 Å². The third-order valence-corrected chi connectivity index (χ3v) is 5.17. The van der Waals surface area contributed by atoms with Crippen LogP contribution in [0, 0.1) is 24.2 Å². The first-order valence-corrected chi connectivity index (χ1v) is 7.79. The molecule has 0 saturated heterocycles. The molecule has 0 amide bonds. The zero-order chi connectivity index (χ0) is 14.8. The van der Waals surface area contributed by atoms with Gasteiger partial charge in [0.1, 0.15) is 6.10 Å². The molecule has 3 N–H and O–H groups in total. The number of nitrogens with two attached hydrogens (primary N) is 1. The van der Waals surface area contributed by atoms with Crippen LogP contribution in [-0.4, -0.2) is 16.6 Å². The predicted molar refractivity (Wildman–Crippen MR) is 82.2 cm³/mol. The minimum absolute atomic E-state index is 0.187. The van der Waals surface area contributed by atoms with Crippen molar-refractivity contribution < 1.29 is 5.11 Å². The summed E-state index contributed by atoms with van der Waals surface area (Å²) < 4.78 is 0. The minimum atomic E-state index is -0.541. The molecular formula is C17H28N2O. The Morgan fingerprint density at radius 1 is 1.35 bits per heavy atom. The lowest BCUT2D eigenvalue weighted by molar-refractivity contribution is -0.0173. The number of aliphatic hydroxyl groups excluding tert-OH is 1. The van der Waals surface area contributed by atoms with Crippen LogP contribution in [0.25, 0.3) is 0 Å². The second-order valence-electron chi connectivity index (χ2n) is 6.81. The fourth-order valence-electron chi connectivity index (χ4n) is 3.43. The summed E-state index contributed by atoms with van der Waals surface area (Å²) in [6.45, 7) is 7.13. The summed E-state index contributed by atoms with van der Waals surface area (Å²) in [5.41, 5.74) is 7.74. The summed E-state index contributed by atoms with van der Waals surface area (Å²) in [6.07, 6.45) is 5.62. The van der Waals surface area contributed by atoms with E-state index in [1.807, 2.05) is 25.3 Å². The van der Waals surface area contributed by atoms with E-state index in [0.717, 1.165) is 48.8 Å². The molecule has 1 heterocycles. The van der Waals surface area contributed by atoms with Crippen LogP contribution in [0.5, 0.6) is 0 Å². The monoisotopic (exact) mass is 276 g/mol. The molecule has 3 nitrogen and oxygen atoms in total. The summed E-state index contributed by atoms with van der Waals surface area (Å²) in [5.74, 6) is 1.49. The lowest BCUT2D eigenvalue weighted by Crippen LogP contribution is -2.41. The van der Waals surface area contributed by atoms with Crippen LogP contribution in [0.3, 0.4) is 0 Å². The van der Waals surface area contributed by atoms with Gasteiger partial charge in [-0.05, 0) is 56.1 Å². The molecule has 1 aliphatic rings. The molecule has 1 aromatic rings. The van der Waals surface area contributed by atoms with Gasteiger partial charge < -0.3 is 10.8 Å². The molecule has 1 aliphatic carbocycles. The van der Waals surface area contributed by atoms with Crippen molar-refractivity contribution in [1.29, 1.82) is 0 Å². The molecule has 0 spiro atoms. The number of aromatic nitrogens is 1. The Labute approximate surface area is 122 Å². The third-order valence-electron chi connectivity index (χ3n) is 5.17. The molecule has 1 fully saturated rings. The second-order valence-corrected chi connectivity index (χ2v) is 6.81. The van der Waals surface area contributed by atoms with E-state index in [9.17, 15) is 5.11 Å². The van der Waals surface area contributed by atoms with Gasteiger partial charge >= 0.3 is 0 Å². The molecule has 0 aliphatic heterocycles. The maximum absolute atomic E-state index is 10.8. The molecule has 112 valence electrons. The Balaban J connectivity index is 2.13. The summed E-state index contributed by atoms with van der Waals surface area (Å²) in [4.78, 5) is 4.39. The topological polar surface area (TPSA) is 59.1 Å². The molecule has 0 aromatic carbocycles. The third kappa shape index (κ3) is 3.04. The van der Waals surface area contributed by atoms with Crippen LogP contribution in [-0.2, 0) is 0 Å². The van der Waals surface area contributed by atoms with Gasteiger partial charge in [0, 0.05) is 18.2 Å². The van der Waals surface area contributed by atoms with Crippen molar-refractivity contribution in [3.05, 3.63) is 29.6 Å². The predicted octanol–water partition coefficient (Wildman–Crippen LogP) is 3.21. The molecule has 1 atom stereocenters. The Morgan fingerprint density at radius 3 is 2.45 bits per heavy atom. The smallest absolute Gasteiger partial charge is 0.103 e. The highest BCUT2D eigenvalue weighted by atomic mass is 16.3. The van der Waals surface area contributed by atoms with Crippen molar-refractivity contribution in [3.63, 3.8) is 0 Å². The van der Waals surface area contributed by atoms with Crippen molar-refractivity contribution in [1.82, 2.24) is 4.98 Å². The highest BCUT2D eigenvalue weighted by molar-refractivity contribution is 5.16. The molecule has 1 saturated carbocycles. The van der Waals surface area contributed by atoms with Gasteiger partial charge in [0.05, 0.1) is 5.69 Å². The summed E-state index contributed by atoms with van der Waals surface area (Å²) in [7, 11) is 0. The molecular weight excluding hydrogens is 248 g/mol. The zero-order valence-corrected chi connectivity index (χ0v) is 13.0. The van der Waals surface area contributed by atoms with Gasteiger partial charge in [-0.3, -0.25) is 4.98 Å². The molecule has 2 rings (SSSR count). The van der Waals surface area contributed by atoms with Crippen LogP contribution in [0.4, 0.5) is 0 Å². The number of hydrogen-bond donors (Lipinski definition) is 2. The first kappa shape index (κ1) is 15.5. The molecule has 0 bridgehead atoms. The maximum Gasteiger partial charge on any atom is 0.103 e. The fraction of sp³-hybridized carbons (Fsp3) is 0.706. The van der Waals surface area contributed by atoms with Gasteiger partial charge in [-0.15, -0.1) is 0 Å². The van der Waals surface area contributed by atoms with Crippen LogP contribution in [0.1, 0.15) is 56.9 Å². The van der Waals surface area contributed by atoms with E-state index in [4.69, 9.17) is 5.73 Å². The lowest BCUT2D eigenvalue weighted by atomic mass is 9.64. The molecule has 3 heteroatoms. The zero-order valence-electron chi connectivity index (χ0n) is 13.0. The van der Waals surface area contributed by atoms with E-state index in [1.165, 1.54) is 0 Å². The van der Waals surface area contributed by atoms with Gasteiger partial charge in [-0.1, -0.05) is 19.9 Å². The number of rotatable bonds is 4.